The molecule has 1 atom stereocenters. The Bertz CT molecular complexity index is 144. The van der Waals surface area contributed by atoms with Crippen LogP contribution in [0.2, 0.25) is 1.41 Å². The molecule has 12 heteroatoms. The van der Waals surface area contributed by atoms with Crippen molar-refractivity contribution < 1.29 is 71.0 Å². The summed E-state index contributed by atoms with van der Waals surface area (Å²) in [6, 6.07) is 0. The van der Waals surface area contributed by atoms with Crippen molar-refractivity contribution in [3.8, 4) is 12.8 Å². The minimum absolute atomic E-state index is 0. The molecule has 0 aliphatic rings. The van der Waals surface area contributed by atoms with Crippen LogP contribution in [0.25, 0.3) is 5.53 Å². The Morgan fingerprint density at radius 3 is 1.65 bits per heavy atom. The fourth-order valence-corrected chi connectivity index (χ4v) is 0. The Balaban J connectivity index is -0.00000000460. The van der Waals surface area contributed by atoms with Crippen LogP contribution < -0.4 is 57.2 Å². The van der Waals surface area contributed by atoms with Gasteiger partial charge < -0.3 is 11.4 Å². The largest absolute Gasteiger partial charge is 1.00 e. The van der Waals surface area contributed by atoms with Crippen LogP contribution in [0.15, 0.2) is 5.22 Å². The molecule has 101 valence electrons. The van der Waals surface area contributed by atoms with Gasteiger partial charge in [0.1, 0.15) is 0 Å². The number of terminal acetylenes is 1. The fourth-order valence-electron chi connectivity index (χ4n) is 0. The van der Waals surface area contributed by atoms with Crippen molar-refractivity contribution in [2.75, 3.05) is 0 Å². The maximum atomic E-state index is 8.00. The van der Waals surface area contributed by atoms with Crippen molar-refractivity contribution in [2.24, 2.45) is 11.1 Å². The van der Waals surface area contributed by atoms with Crippen LogP contribution in [0.4, 0.5) is 13.9 Å². The third-order valence-electron chi connectivity index (χ3n) is 0. The second-order valence-corrected chi connectivity index (χ2v) is 0.100. The van der Waals surface area contributed by atoms with Crippen LogP contribution in [0.5, 0.6) is 0 Å². The van der Waals surface area contributed by atoms with Gasteiger partial charge in [-0.3, -0.25) is 9.93 Å². The Kier molecular flexibility index (Phi) is 2300. The molecule has 0 aromatic carbocycles. The SMILES string of the molecule is C.C.C.C#C.F.FF.[2HH].[2H]NN=[N-].[2H]S([3H])=P.[2H][2H].[B].[B][B].[K+]. The van der Waals surface area contributed by atoms with Gasteiger partial charge in [-0.15, -0.1) is 12.8 Å². The average Bonchev–Trinajstić information content (AvgIpc) is 2.38. The first-order valence-electron chi connectivity index (χ1n) is 3.75. The van der Waals surface area contributed by atoms with Crippen LogP contribution in [0.1, 0.15) is 26.7 Å². The summed E-state index contributed by atoms with van der Waals surface area (Å²) in [5.41, 5.74) is 7.20. The van der Waals surface area contributed by atoms with E-state index in [4.69, 9.17) is 21.3 Å². The zero-order valence-corrected chi connectivity index (χ0v) is 12.3. The first kappa shape index (κ1) is 42.9. The normalized spacial score (nSPS) is 6.24. The standard InChI is InChI=1S/C2H2.3CH4.B2.B.F2.FH.K.H2N3.H3PS.2H2/c1-2;;;;1-2;;1-2;;;1-3-2;1-2;;/h1-2H;3*1H4;;;;1H;;(H2-,1,2);1H,2H2;2*1H/q;;;;;;;;+1;-1;;;/i;;;;;;;;;;2TD;1+1D;1+1/hD. The van der Waals surface area contributed by atoms with Gasteiger partial charge in [-0.2, -0.15) is 11.6 Å². The van der Waals surface area contributed by atoms with Crippen LogP contribution in [-0.4, -0.2) is 26.1 Å². The Morgan fingerprint density at radius 1 is 1.59 bits per heavy atom. The zero-order chi connectivity index (χ0) is 15.0. The molecular formula is C5H24B3F3KN3PS. The number of nitrogens with zero attached hydrogens (tertiary/aromatic N) is 2. The first-order valence-corrected chi connectivity index (χ1v) is 3.07. The topological polar surface area (TPSA) is 60.7 Å². The number of hydrogen-bond donors (Lipinski definition) is 1. The summed E-state index contributed by atoms with van der Waals surface area (Å²) < 4.78 is 44.2. The number of nitrogens with two attached hydrogens (primary N) is 1. The van der Waals surface area contributed by atoms with Gasteiger partial charge >= 0.3 is 51.4 Å². The molecule has 0 heterocycles. The molecule has 0 aromatic rings. The minimum Gasteiger partial charge on any atom is -0.427 e. The van der Waals surface area contributed by atoms with E-state index >= 15 is 0 Å². The molecule has 0 spiro atoms. The molecule has 0 aromatic heterocycles. The summed E-state index contributed by atoms with van der Waals surface area (Å²) in [5, 5.41) is 2.15. The summed E-state index contributed by atoms with van der Waals surface area (Å²) in [4.78, 5) is 0. The molecule has 0 saturated heterocycles. The maximum absolute atomic E-state index is 8.00. The molecule has 0 amide bonds. The van der Waals surface area contributed by atoms with E-state index in [1.807, 2.05) is 0 Å². The molecule has 0 aliphatic heterocycles. The Hall–Kier alpha value is 1.23. The predicted octanol–water partition coefficient (Wildman–Crippen LogP) is -0.558. The Morgan fingerprint density at radius 2 is 1.65 bits per heavy atom. The van der Waals surface area contributed by atoms with E-state index in [1.54, 1.807) is 0 Å². The number of halogens is 3. The molecule has 7 radical (unpaired) electrons. The second kappa shape index (κ2) is 912. The summed E-state index contributed by atoms with van der Waals surface area (Å²) in [7, 11) is 10.7. The van der Waals surface area contributed by atoms with Gasteiger partial charge in [0.15, 0.2) is 0 Å². The summed E-state index contributed by atoms with van der Waals surface area (Å²) in [6.07, 6.45) is 8.00. The van der Waals surface area contributed by atoms with Gasteiger partial charge in [0.2, 0.25) is 0 Å². The number of rotatable bonds is 1. The second-order valence-electron chi connectivity index (χ2n) is 0.100. The molecule has 0 saturated carbocycles. The van der Waals surface area contributed by atoms with Crippen molar-refractivity contribution in [3.05, 3.63) is 5.53 Å². The Labute approximate surface area is 167 Å². The molecule has 1 unspecified atom stereocenters. The van der Waals surface area contributed by atoms with E-state index < -0.39 is 11.6 Å². The summed E-state index contributed by atoms with van der Waals surface area (Å²) in [6.45, 7) is 0. The molecule has 17 heavy (non-hydrogen) atoms. The molecule has 0 fully saturated rings. The summed E-state index contributed by atoms with van der Waals surface area (Å²) in [5.74, 6) is 1.36. The van der Waals surface area contributed by atoms with Crippen molar-refractivity contribution in [1.82, 2.24) is 0 Å². The minimum atomic E-state index is -1.06. The van der Waals surface area contributed by atoms with E-state index in [1.165, 1.54) is 5.84 Å². The van der Waals surface area contributed by atoms with E-state index in [9.17, 15) is 0 Å². The maximum Gasteiger partial charge on any atom is 1.00 e. The van der Waals surface area contributed by atoms with Gasteiger partial charge in [-0.25, -0.2) is 0 Å². The van der Waals surface area contributed by atoms with Crippen LogP contribution in [0.3, 0.4) is 0 Å². The summed E-state index contributed by atoms with van der Waals surface area (Å²) >= 11 is -1.06. The molecule has 2 N–H and O–H groups in total. The van der Waals surface area contributed by atoms with Crippen LogP contribution in [0, 0.1) is 12.8 Å². The molecular weight excluding hydrogens is 294 g/mol. The monoisotopic (exact) mass is 325 g/mol. The zero-order valence-electron chi connectivity index (χ0n) is 12.4. The molecule has 0 rings (SSSR count). The van der Waals surface area contributed by atoms with E-state index in [-0.39, 0.29) is 88.2 Å². The van der Waals surface area contributed by atoms with E-state index in [0.29, 0.717) is 0 Å². The molecule has 0 bridgehead atoms. The van der Waals surface area contributed by atoms with Gasteiger partial charge in [0.05, 0.1) is 2.25 Å². The van der Waals surface area contributed by atoms with Crippen molar-refractivity contribution >= 4 is 43.5 Å². The predicted molar refractivity (Wildman–Crippen MR) is 84.7 cm³/mol. The molecule has 0 aliphatic carbocycles. The van der Waals surface area contributed by atoms with Crippen molar-refractivity contribution in [2.45, 2.75) is 22.3 Å². The van der Waals surface area contributed by atoms with Gasteiger partial charge in [-0.1, -0.05) is 30.3 Å². The fraction of sp³-hybridized carbons (Fsp3) is 0.600. The van der Waals surface area contributed by atoms with Crippen LogP contribution >= 0.6 is 8.02 Å². The first-order chi connectivity index (χ1) is 7.65. The van der Waals surface area contributed by atoms with Gasteiger partial charge in [0.25, 0.3) is 0 Å². The average molecular weight is 325 g/mol. The van der Waals surface area contributed by atoms with E-state index in [2.05, 4.69) is 41.6 Å². The van der Waals surface area contributed by atoms with E-state index in [0.717, 1.165) is 0 Å². The van der Waals surface area contributed by atoms with Gasteiger partial charge in [0, 0.05) is 38.8 Å². The third-order valence-corrected chi connectivity index (χ3v) is 0. The molecule has 3 nitrogen and oxygen atoms in total. The number of hydrogen-bond acceptors (Lipinski definition) is 1. The third kappa shape index (κ3) is 2640. The quantitative estimate of drug-likeness (QED) is 0.172. The van der Waals surface area contributed by atoms with Crippen molar-refractivity contribution in [3.63, 3.8) is 0 Å². The van der Waals surface area contributed by atoms with Crippen molar-refractivity contribution in [1.29, 1.82) is 2.25 Å². The van der Waals surface area contributed by atoms with Crippen LogP contribution in [-0.2, 0) is 11.6 Å². The van der Waals surface area contributed by atoms with Gasteiger partial charge in [-0.05, 0) is 0 Å². The smallest absolute Gasteiger partial charge is 0.427 e.